The quantitative estimate of drug-likeness (QED) is 0.709. The highest BCUT2D eigenvalue weighted by molar-refractivity contribution is 7.21. The molecule has 0 radical (unpaired) electrons. The third kappa shape index (κ3) is 3.41. The van der Waals surface area contributed by atoms with Crippen molar-refractivity contribution in [1.29, 1.82) is 0 Å². The van der Waals surface area contributed by atoms with Gasteiger partial charge < -0.3 is 14.5 Å². The van der Waals surface area contributed by atoms with E-state index in [2.05, 4.69) is 10.3 Å². The number of nitrogens with one attached hydrogen (secondary N) is 1. The van der Waals surface area contributed by atoms with Gasteiger partial charge in [0.05, 0.1) is 10.2 Å². The topological polar surface area (TPSA) is 81.4 Å². The number of carbonyl (C=O) groups is 2. The summed E-state index contributed by atoms with van der Waals surface area (Å²) in [6.07, 6.45) is 1.11. The van der Waals surface area contributed by atoms with Crippen LogP contribution in [-0.2, 0) is 9.53 Å². The SMILES string of the molecule is C[C@@H](OC(=O)c1ccc(-c2nc3ccccc3s2)o1)C(=O)NC1CC1. The molecule has 4 rings (SSSR count). The van der Waals surface area contributed by atoms with Crippen LogP contribution >= 0.6 is 11.3 Å². The third-order valence-electron chi connectivity index (χ3n) is 3.89. The highest BCUT2D eigenvalue weighted by Crippen LogP contribution is 2.31. The van der Waals surface area contributed by atoms with Gasteiger partial charge in [-0.3, -0.25) is 4.79 Å². The molecule has 128 valence electrons. The van der Waals surface area contributed by atoms with Crippen LogP contribution in [0, 0.1) is 0 Å². The van der Waals surface area contributed by atoms with Crippen LogP contribution in [0.3, 0.4) is 0 Å². The van der Waals surface area contributed by atoms with Crippen molar-refractivity contribution >= 4 is 33.4 Å². The second-order valence-electron chi connectivity index (χ2n) is 5.98. The zero-order chi connectivity index (χ0) is 17.4. The molecule has 1 atom stereocenters. The maximum absolute atomic E-state index is 12.2. The molecule has 0 unspecified atom stereocenters. The molecular weight excluding hydrogens is 340 g/mol. The van der Waals surface area contributed by atoms with Crippen molar-refractivity contribution in [3.05, 3.63) is 42.2 Å². The molecule has 1 fully saturated rings. The van der Waals surface area contributed by atoms with Crippen molar-refractivity contribution in [3.63, 3.8) is 0 Å². The predicted molar refractivity (Wildman–Crippen MR) is 93.4 cm³/mol. The molecule has 1 aliphatic carbocycles. The van der Waals surface area contributed by atoms with Gasteiger partial charge in [0.1, 0.15) is 0 Å². The molecule has 2 heterocycles. The molecule has 1 N–H and O–H groups in total. The van der Waals surface area contributed by atoms with E-state index in [0.29, 0.717) is 10.8 Å². The lowest BCUT2D eigenvalue weighted by Crippen LogP contribution is -2.37. The zero-order valence-corrected chi connectivity index (χ0v) is 14.3. The summed E-state index contributed by atoms with van der Waals surface area (Å²) >= 11 is 1.49. The van der Waals surface area contributed by atoms with Gasteiger partial charge in [-0.05, 0) is 44.0 Å². The lowest BCUT2D eigenvalue weighted by atomic mass is 10.3. The van der Waals surface area contributed by atoms with E-state index in [1.807, 2.05) is 24.3 Å². The number of amides is 1. The number of carbonyl (C=O) groups excluding carboxylic acids is 2. The summed E-state index contributed by atoms with van der Waals surface area (Å²) in [6, 6.07) is 11.2. The molecule has 2 aromatic heterocycles. The van der Waals surface area contributed by atoms with Crippen molar-refractivity contribution in [2.24, 2.45) is 0 Å². The summed E-state index contributed by atoms with van der Waals surface area (Å²) in [5.74, 6) is -0.386. The smallest absolute Gasteiger partial charge is 0.375 e. The van der Waals surface area contributed by atoms with Crippen molar-refractivity contribution in [2.75, 3.05) is 0 Å². The van der Waals surface area contributed by atoms with Crippen LogP contribution in [0.5, 0.6) is 0 Å². The van der Waals surface area contributed by atoms with Crippen LogP contribution in [0.4, 0.5) is 0 Å². The Morgan fingerprint density at radius 3 is 2.84 bits per heavy atom. The first-order chi connectivity index (χ1) is 12.1. The van der Waals surface area contributed by atoms with Crippen molar-refractivity contribution in [2.45, 2.75) is 31.9 Å². The largest absolute Gasteiger partial charge is 0.447 e. The molecule has 3 aromatic rings. The highest BCUT2D eigenvalue weighted by atomic mass is 32.1. The van der Waals surface area contributed by atoms with E-state index in [1.165, 1.54) is 17.4 Å². The number of rotatable bonds is 5. The maximum Gasteiger partial charge on any atom is 0.375 e. The number of nitrogens with zero attached hydrogens (tertiary/aromatic N) is 1. The molecule has 1 amide bonds. The summed E-state index contributed by atoms with van der Waals surface area (Å²) in [7, 11) is 0. The van der Waals surface area contributed by atoms with Crippen LogP contribution < -0.4 is 5.32 Å². The Morgan fingerprint density at radius 1 is 1.28 bits per heavy atom. The first-order valence-electron chi connectivity index (χ1n) is 8.07. The number of ether oxygens (including phenoxy) is 1. The Labute approximate surface area is 147 Å². The molecule has 0 spiro atoms. The molecule has 7 heteroatoms. The minimum absolute atomic E-state index is 0.0559. The summed E-state index contributed by atoms with van der Waals surface area (Å²) in [5, 5.41) is 3.50. The van der Waals surface area contributed by atoms with E-state index in [4.69, 9.17) is 9.15 Å². The van der Waals surface area contributed by atoms with Gasteiger partial charge in [0.15, 0.2) is 16.9 Å². The number of fused-ring (bicyclic) bond motifs is 1. The van der Waals surface area contributed by atoms with Crippen molar-refractivity contribution in [1.82, 2.24) is 10.3 Å². The number of furan rings is 1. The zero-order valence-electron chi connectivity index (χ0n) is 13.5. The Balaban J connectivity index is 1.46. The fourth-order valence-corrected chi connectivity index (χ4v) is 3.29. The van der Waals surface area contributed by atoms with Gasteiger partial charge >= 0.3 is 5.97 Å². The molecule has 1 aliphatic rings. The number of esters is 1. The predicted octanol–water partition coefficient (Wildman–Crippen LogP) is 3.38. The number of aromatic nitrogens is 1. The van der Waals surface area contributed by atoms with Crippen molar-refractivity contribution in [3.8, 4) is 10.8 Å². The lowest BCUT2D eigenvalue weighted by molar-refractivity contribution is -0.129. The molecule has 25 heavy (non-hydrogen) atoms. The highest BCUT2D eigenvalue weighted by Gasteiger charge is 2.28. The Morgan fingerprint density at radius 2 is 2.08 bits per heavy atom. The normalized spacial score (nSPS) is 15.1. The van der Waals surface area contributed by atoms with Crippen LogP contribution in [0.15, 0.2) is 40.8 Å². The number of para-hydroxylation sites is 1. The summed E-state index contributed by atoms with van der Waals surface area (Å²) < 4.78 is 11.8. The number of hydrogen-bond acceptors (Lipinski definition) is 6. The average molecular weight is 356 g/mol. The van der Waals surface area contributed by atoms with E-state index >= 15 is 0 Å². The standard InChI is InChI=1S/C18H16N2O4S/c1-10(16(21)19-11-6-7-11)23-18(22)14-9-8-13(24-14)17-20-12-4-2-3-5-15(12)25-17/h2-5,8-11H,6-7H2,1H3,(H,19,21)/t10-/m1/s1. The van der Waals surface area contributed by atoms with Gasteiger partial charge in [0.25, 0.3) is 5.91 Å². The second-order valence-corrected chi connectivity index (χ2v) is 7.01. The minimum atomic E-state index is -0.857. The molecule has 1 saturated carbocycles. The lowest BCUT2D eigenvalue weighted by Gasteiger charge is -2.11. The molecule has 0 bridgehead atoms. The monoisotopic (exact) mass is 356 g/mol. The molecule has 1 aromatic carbocycles. The molecular formula is C18H16N2O4S. The van der Waals surface area contributed by atoms with Crippen LogP contribution in [0.2, 0.25) is 0 Å². The summed E-state index contributed by atoms with van der Waals surface area (Å²) in [5.41, 5.74) is 0.883. The number of thiazole rings is 1. The average Bonchev–Trinajstić information content (AvgIpc) is 3.13. The first-order valence-corrected chi connectivity index (χ1v) is 8.89. The van der Waals surface area contributed by atoms with Gasteiger partial charge in [0.2, 0.25) is 5.76 Å². The Kier molecular flexibility index (Phi) is 4.01. The summed E-state index contributed by atoms with van der Waals surface area (Å²) in [6.45, 7) is 1.55. The fourth-order valence-electron chi connectivity index (χ4n) is 2.36. The van der Waals surface area contributed by atoms with E-state index in [-0.39, 0.29) is 17.7 Å². The van der Waals surface area contributed by atoms with Crippen LogP contribution in [0.25, 0.3) is 21.0 Å². The van der Waals surface area contributed by atoms with E-state index in [0.717, 1.165) is 23.1 Å². The van der Waals surface area contributed by atoms with Crippen LogP contribution in [-0.4, -0.2) is 29.0 Å². The van der Waals surface area contributed by atoms with E-state index in [9.17, 15) is 9.59 Å². The van der Waals surface area contributed by atoms with Gasteiger partial charge in [-0.1, -0.05) is 12.1 Å². The van der Waals surface area contributed by atoms with Gasteiger partial charge in [-0.15, -0.1) is 11.3 Å². The fraction of sp³-hybridized carbons (Fsp3) is 0.278. The second kappa shape index (κ2) is 6.33. The summed E-state index contributed by atoms with van der Waals surface area (Å²) in [4.78, 5) is 28.5. The van der Waals surface area contributed by atoms with Gasteiger partial charge in [0, 0.05) is 6.04 Å². The van der Waals surface area contributed by atoms with E-state index in [1.54, 1.807) is 13.0 Å². The Hall–Kier alpha value is -2.67. The van der Waals surface area contributed by atoms with Crippen molar-refractivity contribution < 1.29 is 18.7 Å². The number of benzene rings is 1. The molecule has 6 nitrogen and oxygen atoms in total. The Bertz CT molecular complexity index is 908. The first kappa shape index (κ1) is 15.8. The van der Waals surface area contributed by atoms with Gasteiger partial charge in [-0.25, -0.2) is 9.78 Å². The molecule has 0 aliphatic heterocycles. The van der Waals surface area contributed by atoms with Gasteiger partial charge in [-0.2, -0.15) is 0 Å². The third-order valence-corrected chi connectivity index (χ3v) is 4.94. The minimum Gasteiger partial charge on any atom is -0.447 e. The maximum atomic E-state index is 12.2. The number of hydrogen-bond donors (Lipinski definition) is 1. The van der Waals surface area contributed by atoms with E-state index < -0.39 is 12.1 Å². The van der Waals surface area contributed by atoms with Crippen LogP contribution in [0.1, 0.15) is 30.3 Å². The molecule has 0 saturated heterocycles.